The molecule has 0 bridgehead atoms. The number of Topliss-reactive ketones (excluding diaryl/α,β-unsaturated/α-hetero) is 2. The Morgan fingerprint density at radius 1 is 1.25 bits per heavy atom. The van der Waals surface area contributed by atoms with Gasteiger partial charge in [-0.2, -0.15) is 0 Å². The van der Waals surface area contributed by atoms with Crippen molar-refractivity contribution < 1.29 is 9.59 Å². The second-order valence-electron chi connectivity index (χ2n) is 8.12. The third-order valence-corrected chi connectivity index (χ3v) is 5.37. The van der Waals surface area contributed by atoms with E-state index in [1.807, 2.05) is 13.0 Å². The molecule has 1 unspecified atom stereocenters. The van der Waals surface area contributed by atoms with E-state index in [2.05, 4.69) is 27.0 Å². The normalized spacial score (nSPS) is 17.8. The highest BCUT2D eigenvalue weighted by Gasteiger charge is 2.33. The molecule has 0 aromatic carbocycles. The third kappa shape index (κ3) is 7.59. The Hall–Kier alpha value is -1.18. The van der Waals surface area contributed by atoms with E-state index in [4.69, 9.17) is 0 Å². The number of ketones is 2. The van der Waals surface area contributed by atoms with Gasteiger partial charge in [0.15, 0.2) is 0 Å². The molecule has 0 spiro atoms. The van der Waals surface area contributed by atoms with Crippen LogP contribution in [0.1, 0.15) is 85.0 Å². The molecular weight excluding hydrogens is 296 g/mol. The van der Waals surface area contributed by atoms with Gasteiger partial charge in [0.05, 0.1) is 0 Å². The van der Waals surface area contributed by atoms with Crippen LogP contribution in [0.4, 0.5) is 0 Å². The van der Waals surface area contributed by atoms with E-state index in [1.54, 1.807) is 0 Å². The van der Waals surface area contributed by atoms with Gasteiger partial charge in [-0.25, -0.2) is 0 Å². The summed E-state index contributed by atoms with van der Waals surface area (Å²) in [5, 5.41) is 0. The van der Waals surface area contributed by atoms with Gasteiger partial charge in [-0.15, -0.1) is 6.58 Å². The van der Waals surface area contributed by atoms with E-state index < -0.39 is 0 Å². The van der Waals surface area contributed by atoms with E-state index in [9.17, 15) is 9.59 Å². The maximum absolute atomic E-state index is 12.3. The monoisotopic (exact) mass is 332 g/mol. The van der Waals surface area contributed by atoms with Gasteiger partial charge < -0.3 is 0 Å². The van der Waals surface area contributed by atoms with Crippen LogP contribution in [0.5, 0.6) is 0 Å². The summed E-state index contributed by atoms with van der Waals surface area (Å²) in [6.07, 6.45) is 11.0. The fourth-order valence-corrected chi connectivity index (χ4v) is 3.54. The zero-order valence-corrected chi connectivity index (χ0v) is 16.0. The van der Waals surface area contributed by atoms with Gasteiger partial charge >= 0.3 is 0 Å². The summed E-state index contributed by atoms with van der Waals surface area (Å²) < 4.78 is 0. The highest BCUT2D eigenvalue weighted by molar-refractivity contribution is 5.81. The Morgan fingerprint density at radius 2 is 1.92 bits per heavy atom. The predicted molar refractivity (Wildman–Crippen MR) is 102 cm³/mol. The Balaban J connectivity index is 2.68. The molecule has 0 aromatic rings. The molecule has 0 saturated heterocycles. The number of carbonyl (C=O) groups excluding carboxylic acids is 2. The van der Waals surface area contributed by atoms with Crippen molar-refractivity contribution in [2.24, 2.45) is 17.3 Å². The van der Waals surface area contributed by atoms with Crippen LogP contribution in [0.3, 0.4) is 0 Å². The number of allylic oxidation sites excluding steroid dienone is 2. The maximum Gasteiger partial charge on any atom is 0.137 e. The summed E-state index contributed by atoms with van der Waals surface area (Å²) in [5.74, 6) is 1.65. The minimum absolute atomic E-state index is 0.221. The second kappa shape index (κ2) is 9.96. The first kappa shape index (κ1) is 20.9. The van der Waals surface area contributed by atoms with Crippen molar-refractivity contribution in [2.75, 3.05) is 0 Å². The van der Waals surface area contributed by atoms with Crippen molar-refractivity contribution in [1.29, 1.82) is 0 Å². The van der Waals surface area contributed by atoms with Crippen LogP contribution < -0.4 is 0 Å². The summed E-state index contributed by atoms with van der Waals surface area (Å²) in [7, 11) is 0. The number of hydrogen-bond acceptors (Lipinski definition) is 2. The molecule has 2 nitrogen and oxygen atoms in total. The summed E-state index contributed by atoms with van der Waals surface area (Å²) in [6, 6.07) is 0. The zero-order valence-electron chi connectivity index (χ0n) is 16.0. The number of carbonyl (C=O) groups is 2. The average Bonchev–Trinajstić information content (AvgIpc) is 3.29. The van der Waals surface area contributed by atoms with E-state index in [-0.39, 0.29) is 11.2 Å². The molecule has 24 heavy (non-hydrogen) atoms. The topological polar surface area (TPSA) is 34.1 Å². The number of rotatable bonds is 14. The maximum atomic E-state index is 12.3. The first-order chi connectivity index (χ1) is 11.3. The van der Waals surface area contributed by atoms with Crippen molar-refractivity contribution in [2.45, 2.75) is 85.0 Å². The lowest BCUT2D eigenvalue weighted by molar-refractivity contribution is -0.120. The lowest BCUT2D eigenvalue weighted by Crippen LogP contribution is -2.29. The SMILES string of the molecule is C=C[C@@](C)(CC(=O)CC(=C)C)C(CCCC)CCC(=O)CC1CC1. The van der Waals surface area contributed by atoms with Gasteiger partial charge in [0.2, 0.25) is 0 Å². The molecule has 1 aliphatic carbocycles. The van der Waals surface area contributed by atoms with E-state index in [0.29, 0.717) is 36.9 Å². The molecule has 1 fully saturated rings. The Kier molecular flexibility index (Phi) is 8.66. The molecule has 1 aliphatic rings. The van der Waals surface area contributed by atoms with Gasteiger partial charge in [-0.1, -0.05) is 44.9 Å². The quantitative estimate of drug-likeness (QED) is 0.362. The first-order valence-electron chi connectivity index (χ1n) is 9.62. The van der Waals surface area contributed by atoms with Crippen molar-refractivity contribution >= 4 is 11.6 Å². The first-order valence-corrected chi connectivity index (χ1v) is 9.62. The van der Waals surface area contributed by atoms with Gasteiger partial charge in [-0.05, 0) is 49.9 Å². The molecule has 0 N–H and O–H groups in total. The van der Waals surface area contributed by atoms with Gasteiger partial charge in [0.25, 0.3) is 0 Å². The van der Waals surface area contributed by atoms with E-state index in [1.165, 1.54) is 12.8 Å². The fourth-order valence-electron chi connectivity index (χ4n) is 3.54. The molecule has 1 saturated carbocycles. The number of unbranched alkanes of at least 4 members (excludes halogenated alkanes) is 1. The van der Waals surface area contributed by atoms with Crippen LogP contribution in [0.25, 0.3) is 0 Å². The van der Waals surface area contributed by atoms with Crippen LogP contribution in [-0.2, 0) is 9.59 Å². The second-order valence-corrected chi connectivity index (χ2v) is 8.12. The molecule has 1 rings (SSSR count). The average molecular weight is 333 g/mol. The van der Waals surface area contributed by atoms with Gasteiger partial charge in [0.1, 0.15) is 11.6 Å². The fraction of sp³-hybridized carbons (Fsp3) is 0.727. The smallest absolute Gasteiger partial charge is 0.137 e. The molecule has 2 heteroatoms. The number of hydrogen-bond donors (Lipinski definition) is 0. The van der Waals surface area contributed by atoms with E-state index >= 15 is 0 Å². The standard InChI is InChI=1S/C22H36O2/c1-6-8-9-19(12-13-20(23)15-18-10-11-18)22(5,7-2)16-21(24)14-17(3)4/h7,18-19H,2-3,6,8-16H2,1,4-5H3/t19?,22-/m0/s1. The van der Waals surface area contributed by atoms with Crippen LogP contribution in [0.2, 0.25) is 0 Å². The summed E-state index contributed by atoms with van der Waals surface area (Å²) >= 11 is 0. The third-order valence-electron chi connectivity index (χ3n) is 5.37. The molecule has 0 aromatic heterocycles. The summed E-state index contributed by atoms with van der Waals surface area (Å²) in [4.78, 5) is 24.5. The Bertz CT molecular complexity index is 459. The molecule has 0 aliphatic heterocycles. The van der Waals surface area contributed by atoms with Crippen LogP contribution in [0, 0.1) is 17.3 Å². The van der Waals surface area contributed by atoms with E-state index in [0.717, 1.165) is 37.7 Å². The van der Waals surface area contributed by atoms with Crippen molar-refractivity contribution in [3.63, 3.8) is 0 Å². The predicted octanol–water partition coefficient (Wildman–Crippen LogP) is 6.06. The zero-order chi connectivity index (χ0) is 18.2. The Morgan fingerprint density at radius 3 is 2.42 bits per heavy atom. The summed E-state index contributed by atoms with van der Waals surface area (Å²) in [5.41, 5.74) is 0.692. The van der Waals surface area contributed by atoms with Gasteiger partial charge in [0, 0.05) is 25.7 Å². The van der Waals surface area contributed by atoms with Crippen LogP contribution >= 0.6 is 0 Å². The molecular formula is C22H36O2. The largest absolute Gasteiger partial charge is 0.300 e. The van der Waals surface area contributed by atoms with Crippen molar-refractivity contribution in [3.05, 3.63) is 24.8 Å². The van der Waals surface area contributed by atoms with Crippen LogP contribution in [0.15, 0.2) is 24.8 Å². The molecule has 136 valence electrons. The van der Waals surface area contributed by atoms with Crippen molar-refractivity contribution in [3.8, 4) is 0 Å². The molecule has 2 atom stereocenters. The summed E-state index contributed by atoms with van der Waals surface area (Å²) in [6.45, 7) is 14.1. The lowest BCUT2D eigenvalue weighted by Gasteiger charge is -2.35. The van der Waals surface area contributed by atoms with Crippen molar-refractivity contribution in [1.82, 2.24) is 0 Å². The molecule has 0 radical (unpaired) electrons. The van der Waals surface area contributed by atoms with Gasteiger partial charge in [-0.3, -0.25) is 9.59 Å². The molecule has 0 amide bonds. The molecule has 0 heterocycles. The Labute approximate surface area is 148 Å². The minimum Gasteiger partial charge on any atom is -0.300 e. The minimum atomic E-state index is -0.221. The highest BCUT2D eigenvalue weighted by atomic mass is 16.1. The lowest BCUT2D eigenvalue weighted by atomic mass is 9.69. The highest BCUT2D eigenvalue weighted by Crippen LogP contribution is 2.40. The van der Waals surface area contributed by atoms with Crippen LogP contribution in [-0.4, -0.2) is 11.6 Å².